The summed E-state index contributed by atoms with van der Waals surface area (Å²) in [6.45, 7) is 2.97. The summed E-state index contributed by atoms with van der Waals surface area (Å²) in [4.78, 5) is 14.5. The molecule has 0 bridgehead atoms. The lowest BCUT2D eigenvalue weighted by Crippen LogP contribution is -2.47. The van der Waals surface area contributed by atoms with E-state index in [1.54, 1.807) is 5.56 Å². The highest BCUT2D eigenvalue weighted by molar-refractivity contribution is 5.74. The van der Waals surface area contributed by atoms with E-state index in [1.807, 2.05) is 0 Å². The second-order valence-corrected chi connectivity index (χ2v) is 8.00. The summed E-state index contributed by atoms with van der Waals surface area (Å²) in [5.74, 6) is 0.613. The van der Waals surface area contributed by atoms with Crippen LogP contribution in [0.3, 0.4) is 0 Å². The van der Waals surface area contributed by atoms with Crippen molar-refractivity contribution in [2.45, 2.75) is 50.0 Å². The largest absolute Gasteiger partial charge is 0.338 e. The van der Waals surface area contributed by atoms with Crippen molar-refractivity contribution in [3.05, 3.63) is 35.4 Å². The molecular formula is C20H29N3O. The minimum atomic E-state index is 0.0238. The SMILES string of the molecule is CN1CCC(NC(=O)NC[C@H]2C[C@@]23CCCc2ccccc23)CC1. The summed E-state index contributed by atoms with van der Waals surface area (Å²) in [5.41, 5.74) is 3.44. The normalized spacial score (nSPS) is 30.0. The van der Waals surface area contributed by atoms with Crippen LogP contribution in [0.1, 0.15) is 43.2 Å². The van der Waals surface area contributed by atoms with Crippen LogP contribution in [-0.2, 0) is 11.8 Å². The summed E-state index contributed by atoms with van der Waals surface area (Å²) >= 11 is 0. The molecular weight excluding hydrogens is 298 g/mol. The molecule has 2 N–H and O–H groups in total. The lowest BCUT2D eigenvalue weighted by atomic mass is 9.78. The third kappa shape index (κ3) is 3.04. The quantitative estimate of drug-likeness (QED) is 0.896. The Morgan fingerprint density at radius 3 is 2.92 bits per heavy atom. The van der Waals surface area contributed by atoms with Crippen molar-refractivity contribution in [1.82, 2.24) is 15.5 Å². The molecule has 2 aliphatic carbocycles. The van der Waals surface area contributed by atoms with E-state index < -0.39 is 0 Å². The van der Waals surface area contributed by atoms with Gasteiger partial charge in [0.15, 0.2) is 0 Å². The number of hydrogen-bond donors (Lipinski definition) is 2. The van der Waals surface area contributed by atoms with E-state index in [-0.39, 0.29) is 6.03 Å². The number of nitrogens with one attached hydrogen (secondary N) is 2. The van der Waals surface area contributed by atoms with Gasteiger partial charge in [-0.15, -0.1) is 0 Å². The Balaban J connectivity index is 1.29. The predicted molar refractivity (Wildman–Crippen MR) is 96.2 cm³/mol. The molecule has 1 spiro atoms. The molecule has 4 rings (SSSR count). The molecule has 2 amide bonds. The maximum absolute atomic E-state index is 12.2. The van der Waals surface area contributed by atoms with Gasteiger partial charge in [0, 0.05) is 18.0 Å². The van der Waals surface area contributed by atoms with Gasteiger partial charge in [-0.25, -0.2) is 4.79 Å². The van der Waals surface area contributed by atoms with Gasteiger partial charge in [0.2, 0.25) is 0 Å². The van der Waals surface area contributed by atoms with Gasteiger partial charge in [-0.2, -0.15) is 0 Å². The third-order valence-corrected chi connectivity index (χ3v) is 6.42. The number of carbonyl (C=O) groups excluding carboxylic acids is 1. The van der Waals surface area contributed by atoms with E-state index in [9.17, 15) is 4.79 Å². The maximum atomic E-state index is 12.2. The van der Waals surface area contributed by atoms with Crippen LogP contribution in [0.15, 0.2) is 24.3 Å². The van der Waals surface area contributed by atoms with E-state index in [1.165, 1.54) is 31.2 Å². The molecule has 2 atom stereocenters. The zero-order valence-electron chi connectivity index (χ0n) is 14.7. The van der Waals surface area contributed by atoms with E-state index in [4.69, 9.17) is 0 Å². The summed E-state index contributed by atoms with van der Waals surface area (Å²) in [7, 11) is 2.14. The van der Waals surface area contributed by atoms with Crippen molar-refractivity contribution in [2.24, 2.45) is 5.92 Å². The molecule has 1 saturated carbocycles. The molecule has 1 aliphatic heterocycles. The number of carbonyl (C=O) groups is 1. The fourth-order valence-corrected chi connectivity index (χ4v) is 4.84. The number of fused-ring (bicyclic) bond motifs is 2. The Morgan fingerprint density at radius 2 is 2.08 bits per heavy atom. The molecule has 0 radical (unpaired) electrons. The molecule has 130 valence electrons. The summed E-state index contributed by atoms with van der Waals surface area (Å²) < 4.78 is 0. The highest BCUT2D eigenvalue weighted by atomic mass is 16.2. The van der Waals surface area contributed by atoms with Gasteiger partial charge < -0.3 is 15.5 Å². The van der Waals surface area contributed by atoms with Crippen LogP contribution in [0, 0.1) is 5.92 Å². The average Bonchev–Trinajstić information content (AvgIpc) is 3.29. The molecule has 4 nitrogen and oxygen atoms in total. The van der Waals surface area contributed by atoms with Gasteiger partial charge >= 0.3 is 6.03 Å². The van der Waals surface area contributed by atoms with Crippen LogP contribution in [0.4, 0.5) is 4.79 Å². The molecule has 1 saturated heterocycles. The van der Waals surface area contributed by atoms with Crippen molar-refractivity contribution in [2.75, 3.05) is 26.7 Å². The zero-order valence-corrected chi connectivity index (χ0v) is 14.7. The minimum absolute atomic E-state index is 0.0238. The van der Waals surface area contributed by atoms with Crippen molar-refractivity contribution in [3.8, 4) is 0 Å². The fourth-order valence-electron chi connectivity index (χ4n) is 4.84. The topological polar surface area (TPSA) is 44.4 Å². The first-order chi connectivity index (χ1) is 11.7. The summed E-state index contributed by atoms with van der Waals surface area (Å²) in [6.07, 6.45) is 7.14. The van der Waals surface area contributed by atoms with Crippen LogP contribution < -0.4 is 10.6 Å². The number of likely N-dealkylation sites (tertiary alicyclic amines) is 1. The van der Waals surface area contributed by atoms with Crippen LogP contribution in [0.25, 0.3) is 0 Å². The lowest BCUT2D eigenvalue weighted by Gasteiger charge is -2.29. The van der Waals surface area contributed by atoms with Gasteiger partial charge in [0.05, 0.1) is 0 Å². The Bertz CT molecular complexity index is 609. The van der Waals surface area contributed by atoms with E-state index in [0.717, 1.165) is 32.5 Å². The number of rotatable bonds is 3. The van der Waals surface area contributed by atoms with Crippen molar-refractivity contribution < 1.29 is 4.79 Å². The second-order valence-electron chi connectivity index (χ2n) is 8.00. The molecule has 3 aliphatic rings. The van der Waals surface area contributed by atoms with Gasteiger partial charge in [-0.05, 0) is 75.7 Å². The Labute approximate surface area is 145 Å². The first-order valence-electron chi connectivity index (χ1n) is 9.49. The van der Waals surface area contributed by atoms with E-state index in [2.05, 4.69) is 46.8 Å². The van der Waals surface area contributed by atoms with Gasteiger partial charge in [0.25, 0.3) is 0 Å². The average molecular weight is 327 g/mol. The number of aryl methyl sites for hydroxylation is 1. The van der Waals surface area contributed by atoms with E-state index >= 15 is 0 Å². The minimum Gasteiger partial charge on any atom is -0.338 e. The molecule has 4 heteroatoms. The van der Waals surface area contributed by atoms with Crippen molar-refractivity contribution in [3.63, 3.8) is 0 Å². The molecule has 1 aromatic carbocycles. The summed E-state index contributed by atoms with van der Waals surface area (Å²) in [6, 6.07) is 9.28. The Hall–Kier alpha value is -1.55. The number of benzene rings is 1. The maximum Gasteiger partial charge on any atom is 0.315 e. The Morgan fingerprint density at radius 1 is 1.29 bits per heavy atom. The smallest absolute Gasteiger partial charge is 0.315 e. The highest BCUT2D eigenvalue weighted by Gasteiger charge is 2.56. The molecule has 1 heterocycles. The van der Waals surface area contributed by atoms with Crippen LogP contribution in [-0.4, -0.2) is 43.7 Å². The molecule has 24 heavy (non-hydrogen) atoms. The number of urea groups is 1. The Kier molecular flexibility index (Phi) is 4.25. The molecule has 2 fully saturated rings. The lowest BCUT2D eigenvalue weighted by molar-refractivity contribution is 0.213. The standard InChI is InChI=1S/C20H29N3O/c1-23-11-8-17(9-12-23)22-19(24)21-14-16-13-20(16)10-4-6-15-5-2-3-7-18(15)20/h2-3,5,7,16-17H,4,6,8-14H2,1H3,(H2,21,22,24)/t16-,20+/m1/s1. The monoisotopic (exact) mass is 327 g/mol. The van der Waals surface area contributed by atoms with Gasteiger partial charge in [-0.3, -0.25) is 0 Å². The van der Waals surface area contributed by atoms with E-state index in [0.29, 0.717) is 17.4 Å². The number of piperidine rings is 1. The predicted octanol–water partition coefficient (Wildman–Crippen LogP) is 2.67. The highest BCUT2D eigenvalue weighted by Crippen LogP contribution is 2.59. The van der Waals surface area contributed by atoms with Crippen molar-refractivity contribution in [1.29, 1.82) is 0 Å². The molecule has 0 unspecified atom stereocenters. The number of hydrogen-bond acceptors (Lipinski definition) is 2. The third-order valence-electron chi connectivity index (χ3n) is 6.42. The molecule has 1 aromatic rings. The fraction of sp³-hybridized carbons (Fsp3) is 0.650. The first kappa shape index (κ1) is 15.9. The van der Waals surface area contributed by atoms with Crippen LogP contribution in [0.2, 0.25) is 0 Å². The summed E-state index contributed by atoms with van der Waals surface area (Å²) in [5, 5.41) is 6.30. The first-order valence-corrected chi connectivity index (χ1v) is 9.49. The van der Waals surface area contributed by atoms with Crippen molar-refractivity contribution >= 4 is 6.03 Å². The second kappa shape index (κ2) is 6.40. The zero-order chi connectivity index (χ0) is 16.6. The van der Waals surface area contributed by atoms with Crippen LogP contribution in [0.5, 0.6) is 0 Å². The van der Waals surface area contributed by atoms with Gasteiger partial charge in [-0.1, -0.05) is 24.3 Å². The molecule has 0 aromatic heterocycles. The number of nitrogens with zero attached hydrogens (tertiary/aromatic N) is 1. The van der Waals surface area contributed by atoms with Crippen LogP contribution >= 0.6 is 0 Å². The van der Waals surface area contributed by atoms with Gasteiger partial charge in [0.1, 0.15) is 0 Å². The number of amides is 2.